The van der Waals surface area contributed by atoms with Crippen LogP contribution in [0.25, 0.3) is 5.57 Å². The fraction of sp³-hybridized carbons (Fsp3) is 0.500. The third-order valence-corrected chi connectivity index (χ3v) is 5.05. The Balaban J connectivity index is 2.05. The van der Waals surface area contributed by atoms with Crippen molar-refractivity contribution in [2.24, 2.45) is 11.8 Å². The maximum Gasteiger partial charge on any atom is 0.277 e. The van der Waals surface area contributed by atoms with E-state index in [0.29, 0.717) is 28.8 Å². The van der Waals surface area contributed by atoms with Crippen LogP contribution in [0, 0.1) is 11.8 Å². The molecule has 25 heavy (non-hydrogen) atoms. The van der Waals surface area contributed by atoms with Gasteiger partial charge in [-0.1, -0.05) is 44.5 Å². The first-order chi connectivity index (χ1) is 11.9. The first-order valence-corrected chi connectivity index (χ1v) is 9.37. The minimum absolute atomic E-state index is 0.155. The number of nitrogens with zero attached hydrogens (tertiary/aromatic N) is 2. The molecule has 2 aliphatic heterocycles. The van der Waals surface area contributed by atoms with Crippen LogP contribution in [-0.4, -0.2) is 41.2 Å². The Morgan fingerprint density at radius 2 is 1.84 bits per heavy atom. The lowest BCUT2D eigenvalue weighted by Crippen LogP contribution is -2.40. The highest BCUT2D eigenvalue weighted by atomic mass is 35.5. The lowest BCUT2D eigenvalue weighted by molar-refractivity contribution is -0.138. The minimum atomic E-state index is -0.186. The summed E-state index contributed by atoms with van der Waals surface area (Å²) in [6, 6.07) is 7.19. The highest BCUT2D eigenvalue weighted by molar-refractivity contribution is 6.36. The second-order valence-electron chi connectivity index (χ2n) is 7.54. The molecule has 0 N–H and O–H groups in total. The van der Waals surface area contributed by atoms with Crippen molar-refractivity contribution in [2.45, 2.75) is 33.6 Å². The van der Waals surface area contributed by atoms with Gasteiger partial charge in [-0.05, 0) is 42.4 Å². The lowest BCUT2D eigenvalue weighted by Gasteiger charge is -2.33. The molecule has 1 atom stereocenters. The Bertz CT molecular complexity index is 709. The molecule has 0 bridgehead atoms. The van der Waals surface area contributed by atoms with E-state index in [0.717, 1.165) is 31.5 Å². The Morgan fingerprint density at radius 1 is 1.16 bits per heavy atom. The predicted octanol–water partition coefficient (Wildman–Crippen LogP) is 3.81. The van der Waals surface area contributed by atoms with Crippen LogP contribution >= 0.6 is 11.6 Å². The average molecular weight is 361 g/mol. The van der Waals surface area contributed by atoms with Crippen molar-refractivity contribution in [3.8, 4) is 0 Å². The number of rotatable bonds is 4. The SMILES string of the molecule is CC(C)CN1C(=O)C(c2ccc(Cl)cc2)=C(N2CCCC(C)C2)C1=O. The number of carbonyl (C=O) groups excluding carboxylic acids is 2. The van der Waals surface area contributed by atoms with Crippen LogP contribution in [-0.2, 0) is 9.59 Å². The molecule has 0 saturated carbocycles. The van der Waals surface area contributed by atoms with E-state index in [-0.39, 0.29) is 17.7 Å². The van der Waals surface area contributed by atoms with Gasteiger partial charge in [-0.3, -0.25) is 14.5 Å². The first-order valence-electron chi connectivity index (χ1n) is 8.99. The molecule has 0 aromatic heterocycles. The quantitative estimate of drug-likeness (QED) is 0.767. The Morgan fingerprint density at radius 3 is 2.44 bits per heavy atom. The van der Waals surface area contributed by atoms with E-state index in [2.05, 4.69) is 11.8 Å². The summed E-state index contributed by atoms with van der Waals surface area (Å²) in [5.74, 6) is 0.417. The van der Waals surface area contributed by atoms with E-state index in [4.69, 9.17) is 11.6 Å². The molecule has 1 saturated heterocycles. The predicted molar refractivity (Wildman–Crippen MR) is 99.9 cm³/mol. The van der Waals surface area contributed by atoms with Crippen molar-refractivity contribution >= 4 is 29.0 Å². The molecule has 1 unspecified atom stereocenters. The molecule has 0 spiro atoms. The summed E-state index contributed by atoms with van der Waals surface area (Å²) in [4.78, 5) is 29.7. The van der Waals surface area contributed by atoms with Gasteiger partial charge in [-0.25, -0.2) is 0 Å². The number of hydrogen-bond acceptors (Lipinski definition) is 3. The number of carbonyl (C=O) groups is 2. The van der Waals surface area contributed by atoms with E-state index in [1.54, 1.807) is 12.1 Å². The lowest BCUT2D eigenvalue weighted by atomic mass is 9.98. The summed E-state index contributed by atoms with van der Waals surface area (Å²) < 4.78 is 0. The molecule has 0 aliphatic carbocycles. The molecule has 0 radical (unpaired) electrons. The number of amides is 2. The molecular formula is C20H25ClN2O2. The normalized spacial score (nSPS) is 21.7. The number of piperidine rings is 1. The van der Waals surface area contributed by atoms with Crippen LogP contribution in [0.3, 0.4) is 0 Å². The maximum absolute atomic E-state index is 13.1. The van der Waals surface area contributed by atoms with Gasteiger partial charge in [-0.15, -0.1) is 0 Å². The Hall–Kier alpha value is -1.81. The van der Waals surface area contributed by atoms with Gasteiger partial charge < -0.3 is 4.90 Å². The second-order valence-corrected chi connectivity index (χ2v) is 7.98. The average Bonchev–Trinajstić information content (AvgIpc) is 2.80. The molecule has 3 rings (SSSR count). The number of hydrogen-bond donors (Lipinski definition) is 0. The molecule has 4 nitrogen and oxygen atoms in total. The molecule has 1 aromatic carbocycles. The van der Waals surface area contributed by atoms with Crippen LogP contribution in [0.5, 0.6) is 0 Å². The zero-order valence-corrected chi connectivity index (χ0v) is 15.8. The van der Waals surface area contributed by atoms with Crippen molar-refractivity contribution in [1.29, 1.82) is 0 Å². The van der Waals surface area contributed by atoms with Crippen molar-refractivity contribution in [2.75, 3.05) is 19.6 Å². The van der Waals surface area contributed by atoms with Crippen LogP contribution in [0.2, 0.25) is 5.02 Å². The number of likely N-dealkylation sites (tertiary alicyclic amines) is 1. The molecule has 5 heteroatoms. The fourth-order valence-electron chi connectivity index (χ4n) is 3.66. The number of imide groups is 1. The third-order valence-electron chi connectivity index (χ3n) is 4.80. The molecule has 2 amide bonds. The largest absolute Gasteiger partial charge is 0.366 e. The molecule has 1 fully saturated rings. The number of benzene rings is 1. The minimum Gasteiger partial charge on any atom is -0.366 e. The monoisotopic (exact) mass is 360 g/mol. The van der Waals surface area contributed by atoms with Crippen molar-refractivity contribution in [3.05, 3.63) is 40.5 Å². The standard InChI is InChI=1S/C20H25ClN2O2/c1-13(2)11-23-19(24)17(15-6-8-16(21)9-7-15)18(20(23)25)22-10-4-5-14(3)12-22/h6-9,13-14H,4-5,10-12H2,1-3H3. The summed E-state index contributed by atoms with van der Waals surface area (Å²) in [6.45, 7) is 8.32. The van der Waals surface area contributed by atoms with Gasteiger partial charge in [0.1, 0.15) is 5.70 Å². The molecule has 2 heterocycles. The summed E-state index contributed by atoms with van der Waals surface area (Å²) in [5.41, 5.74) is 1.86. The van der Waals surface area contributed by atoms with E-state index >= 15 is 0 Å². The maximum atomic E-state index is 13.1. The van der Waals surface area contributed by atoms with Crippen LogP contribution in [0.15, 0.2) is 30.0 Å². The van der Waals surface area contributed by atoms with Crippen LogP contribution in [0.1, 0.15) is 39.2 Å². The van der Waals surface area contributed by atoms with Crippen molar-refractivity contribution in [1.82, 2.24) is 9.80 Å². The van der Waals surface area contributed by atoms with Crippen LogP contribution < -0.4 is 0 Å². The van der Waals surface area contributed by atoms with E-state index in [1.165, 1.54) is 4.90 Å². The van der Waals surface area contributed by atoms with Gasteiger partial charge in [-0.2, -0.15) is 0 Å². The van der Waals surface area contributed by atoms with Gasteiger partial charge >= 0.3 is 0 Å². The first kappa shape index (κ1) is 18.0. The summed E-state index contributed by atoms with van der Waals surface area (Å²) in [6.07, 6.45) is 2.21. The Kier molecular flexibility index (Phi) is 5.19. The highest BCUT2D eigenvalue weighted by Crippen LogP contribution is 2.34. The fourth-order valence-corrected chi connectivity index (χ4v) is 3.78. The van der Waals surface area contributed by atoms with Crippen molar-refractivity contribution in [3.63, 3.8) is 0 Å². The second kappa shape index (κ2) is 7.20. The molecule has 2 aliphatic rings. The van der Waals surface area contributed by atoms with Crippen molar-refractivity contribution < 1.29 is 9.59 Å². The van der Waals surface area contributed by atoms with Gasteiger partial charge in [0.05, 0.1) is 5.57 Å². The summed E-state index contributed by atoms with van der Waals surface area (Å²) >= 11 is 6.00. The van der Waals surface area contributed by atoms with E-state index in [9.17, 15) is 9.59 Å². The van der Waals surface area contributed by atoms with Gasteiger partial charge in [0.15, 0.2) is 0 Å². The van der Waals surface area contributed by atoms with E-state index < -0.39 is 0 Å². The molecule has 134 valence electrons. The Labute approximate surface area is 154 Å². The highest BCUT2D eigenvalue weighted by Gasteiger charge is 2.42. The zero-order valence-electron chi connectivity index (χ0n) is 15.1. The summed E-state index contributed by atoms with van der Waals surface area (Å²) in [5, 5.41) is 0.619. The molecular weight excluding hydrogens is 336 g/mol. The van der Waals surface area contributed by atoms with Gasteiger partial charge in [0.2, 0.25) is 0 Å². The summed E-state index contributed by atoms with van der Waals surface area (Å²) in [7, 11) is 0. The smallest absolute Gasteiger partial charge is 0.277 e. The van der Waals surface area contributed by atoms with E-state index in [1.807, 2.05) is 26.0 Å². The topological polar surface area (TPSA) is 40.6 Å². The zero-order chi connectivity index (χ0) is 18.1. The van der Waals surface area contributed by atoms with Crippen LogP contribution in [0.4, 0.5) is 0 Å². The molecule has 1 aromatic rings. The third kappa shape index (κ3) is 3.59. The van der Waals surface area contributed by atoms with Gasteiger partial charge in [0, 0.05) is 24.7 Å². The number of halogens is 1. The van der Waals surface area contributed by atoms with Gasteiger partial charge in [0.25, 0.3) is 11.8 Å².